The predicted molar refractivity (Wildman–Crippen MR) is 133 cm³/mol. The second-order valence-corrected chi connectivity index (χ2v) is 7.23. The van der Waals surface area contributed by atoms with Crippen LogP contribution in [-0.2, 0) is 9.63 Å². The maximum Gasteiger partial charge on any atom is 0.389 e. The Bertz CT molecular complexity index is 1280. The molecular formula is C24H22F3N7O4. The highest BCUT2D eigenvalue weighted by atomic mass is 19.4. The van der Waals surface area contributed by atoms with Crippen molar-refractivity contribution in [3.63, 3.8) is 0 Å². The van der Waals surface area contributed by atoms with Crippen molar-refractivity contribution < 1.29 is 32.3 Å². The van der Waals surface area contributed by atoms with E-state index in [9.17, 15) is 18.0 Å². The van der Waals surface area contributed by atoms with Crippen molar-refractivity contribution in [2.45, 2.75) is 19.0 Å². The number of azide groups is 2. The smallest absolute Gasteiger partial charge is 0.389 e. The number of halogens is 3. The van der Waals surface area contributed by atoms with Crippen molar-refractivity contribution >= 4 is 17.9 Å². The van der Waals surface area contributed by atoms with Gasteiger partial charge in [0.05, 0.1) is 0 Å². The molecule has 0 spiro atoms. The van der Waals surface area contributed by atoms with Crippen molar-refractivity contribution in [2.24, 2.45) is 16.1 Å². The van der Waals surface area contributed by atoms with Crippen LogP contribution in [0.5, 0.6) is 11.5 Å². The molecule has 0 aliphatic rings. The van der Waals surface area contributed by atoms with Gasteiger partial charge in [0, 0.05) is 21.8 Å². The SMILES string of the molecule is [N-]=[N+]=NCOc1ccc(/C=C/C(=O)/C(CCC(F)(F)F)=C(/C=C/c2ccccc2)ON)cc1OCN=[N+]=[N-]. The van der Waals surface area contributed by atoms with Crippen molar-refractivity contribution in [3.05, 3.63) is 104 Å². The third kappa shape index (κ3) is 10.4. The van der Waals surface area contributed by atoms with Gasteiger partial charge in [-0.2, -0.15) is 19.1 Å². The highest BCUT2D eigenvalue weighted by molar-refractivity contribution is 6.07. The third-order valence-corrected chi connectivity index (χ3v) is 4.68. The van der Waals surface area contributed by atoms with Gasteiger partial charge in [0.1, 0.15) is 0 Å². The van der Waals surface area contributed by atoms with Crippen LogP contribution in [0.1, 0.15) is 24.0 Å². The summed E-state index contributed by atoms with van der Waals surface area (Å²) in [6.07, 6.45) is -1.16. The Balaban J connectivity index is 2.36. The number of allylic oxidation sites excluding steroid dienone is 3. The molecule has 0 fully saturated rings. The van der Waals surface area contributed by atoms with E-state index in [2.05, 4.69) is 20.1 Å². The minimum absolute atomic E-state index is 0.102. The summed E-state index contributed by atoms with van der Waals surface area (Å²) in [4.78, 5) is 22.9. The number of carbonyl (C=O) groups is 1. The Kier molecular flexibility index (Phi) is 11.8. The highest BCUT2D eigenvalue weighted by Gasteiger charge is 2.29. The van der Waals surface area contributed by atoms with Gasteiger partial charge in [0.15, 0.2) is 36.5 Å². The summed E-state index contributed by atoms with van der Waals surface area (Å²) < 4.78 is 49.4. The van der Waals surface area contributed by atoms with Gasteiger partial charge in [0.2, 0.25) is 0 Å². The van der Waals surface area contributed by atoms with Crippen molar-refractivity contribution in [1.29, 1.82) is 0 Å². The van der Waals surface area contributed by atoms with Gasteiger partial charge in [-0.3, -0.25) is 4.79 Å². The van der Waals surface area contributed by atoms with E-state index in [1.54, 1.807) is 36.4 Å². The molecule has 0 amide bonds. The van der Waals surface area contributed by atoms with Crippen LogP contribution in [0.3, 0.4) is 0 Å². The van der Waals surface area contributed by atoms with E-state index in [0.717, 1.165) is 11.6 Å². The number of nitrogens with zero attached hydrogens (tertiary/aromatic N) is 6. The monoisotopic (exact) mass is 529 g/mol. The first-order valence-electron chi connectivity index (χ1n) is 10.8. The summed E-state index contributed by atoms with van der Waals surface area (Å²) in [6.45, 7) is -0.719. The number of hydrogen-bond donors (Lipinski definition) is 1. The summed E-state index contributed by atoms with van der Waals surface area (Å²) in [5, 5.41) is 6.51. The molecule has 0 aliphatic carbocycles. The van der Waals surface area contributed by atoms with E-state index < -0.39 is 24.8 Å². The number of hydrogen-bond acceptors (Lipinski definition) is 7. The van der Waals surface area contributed by atoms with Crippen LogP contribution >= 0.6 is 0 Å². The van der Waals surface area contributed by atoms with E-state index in [0.29, 0.717) is 5.56 Å². The van der Waals surface area contributed by atoms with Crippen LogP contribution in [0.15, 0.2) is 82.2 Å². The molecule has 0 heterocycles. The molecule has 2 N–H and O–H groups in total. The number of nitrogens with two attached hydrogens (primary N) is 1. The van der Waals surface area contributed by atoms with E-state index in [1.807, 2.05) is 0 Å². The first-order valence-corrected chi connectivity index (χ1v) is 10.8. The van der Waals surface area contributed by atoms with Gasteiger partial charge in [-0.05, 0) is 52.9 Å². The van der Waals surface area contributed by atoms with Gasteiger partial charge in [-0.15, -0.1) is 0 Å². The number of ether oxygens (including phenoxy) is 2. The normalized spacial score (nSPS) is 11.9. The van der Waals surface area contributed by atoms with Gasteiger partial charge in [-0.25, -0.2) is 0 Å². The number of alkyl halides is 3. The topological polar surface area (TPSA) is 168 Å². The Morgan fingerprint density at radius 2 is 1.55 bits per heavy atom. The van der Waals surface area contributed by atoms with Crippen LogP contribution in [0.25, 0.3) is 33.0 Å². The van der Waals surface area contributed by atoms with Crippen molar-refractivity contribution in [2.75, 3.05) is 13.5 Å². The molecule has 2 aromatic rings. The predicted octanol–water partition coefficient (Wildman–Crippen LogP) is 6.76. The van der Waals surface area contributed by atoms with Crippen molar-refractivity contribution in [3.8, 4) is 11.5 Å². The van der Waals surface area contributed by atoms with Crippen LogP contribution in [0, 0.1) is 0 Å². The van der Waals surface area contributed by atoms with Gasteiger partial charge < -0.3 is 14.3 Å². The highest BCUT2D eigenvalue weighted by Crippen LogP contribution is 2.30. The van der Waals surface area contributed by atoms with Gasteiger partial charge in [0.25, 0.3) is 0 Å². The molecule has 2 rings (SSSR count). The van der Waals surface area contributed by atoms with Crippen LogP contribution in [0.2, 0.25) is 0 Å². The largest absolute Gasteiger partial charge is 0.484 e. The summed E-state index contributed by atoms with van der Waals surface area (Å²) in [5.41, 5.74) is 17.7. The average Bonchev–Trinajstić information content (AvgIpc) is 2.90. The van der Waals surface area contributed by atoms with E-state index >= 15 is 0 Å². The molecule has 0 saturated heterocycles. The van der Waals surface area contributed by atoms with E-state index in [4.69, 9.17) is 31.3 Å². The van der Waals surface area contributed by atoms with Crippen LogP contribution < -0.4 is 15.4 Å². The Morgan fingerprint density at radius 3 is 2.16 bits per heavy atom. The molecule has 0 saturated carbocycles. The van der Waals surface area contributed by atoms with Crippen LogP contribution in [-0.4, -0.2) is 25.4 Å². The Labute approximate surface area is 214 Å². The standard InChI is InChI=1S/C24H22F3N7O4/c25-24(26,27)13-12-19(21(38-30)10-7-17-4-2-1-3-5-17)20(35)9-6-18-8-11-22(36-15-31-33-28)23(14-18)37-16-32-34-29/h1-11,14H,12-13,15-16,30H2/b9-6+,10-7+,21-19-. The molecule has 14 heteroatoms. The quantitative estimate of drug-likeness (QED) is 0.0541. The number of benzene rings is 2. The third-order valence-electron chi connectivity index (χ3n) is 4.68. The van der Waals surface area contributed by atoms with E-state index in [-0.39, 0.29) is 36.3 Å². The molecule has 0 atom stereocenters. The Morgan fingerprint density at radius 1 is 0.921 bits per heavy atom. The fourth-order valence-electron chi connectivity index (χ4n) is 2.96. The summed E-state index contributed by atoms with van der Waals surface area (Å²) in [6, 6.07) is 13.2. The second kappa shape index (κ2) is 15.3. The van der Waals surface area contributed by atoms with E-state index in [1.165, 1.54) is 30.4 Å². The lowest BCUT2D eigenvalue weighted by molar-refractivity contribution is -0.134. The number of ketones is 1. The first-order chi connectivity index (χ1) is 18.3. The molecule has 198 valence electrons. The molecule has 0 aliphatic heterocycles. The van der Waals surface area contributed by atoms with Crippen molar-refractivity contribution in [1.82, 2.24) is 0 Å². The molecule has 0 bridgehead atoms. The maximum atomic E-state index is 12.9. The zero-order chi connectivity index (χ0) is 27.8. The molecular weight excluding hydrogens is 507 g/mol. The fourth-order valence-corrected chi connectivity index (χ4v) is 2.96. The molecule has 11 nitrogen and oxygen atoms in total. The molecule has 2 aromatic carbocycles. The second-order valence-electron chi connectivity index (χ2n) is 7.23. The molecule has 0 radical (unpaired) electrons. The first kappa shape index (κ1) is 29.3. The minimum Gasteiger partial charge on any atom is -0.484 e. The molecule has 0 unspecified atom stereocenters. The lowest BCUT2D eigenvalue weighted by Gasteiger charge is -2.12. The minimum atomic E-state index is -4.51. The van der Waals surface area contributed by atoms with Gasteiger partial charge in [-0.1, -0.05) is 58.8 Å². The number of rotatable bonds is 14. The number of carbonyl (C=O) groups excluding carboxylic acids is 1. The average molecular weight is 529 g/mol. The maximum absolute atomic E-state index is 12.9. The zero-order valence-electron chi connectivity index (χ0n) is 19.8. The lowest BCUT2D eigenvalue weighted by Crippen LogP contribution is -2.13. The van der Waals surface area contributed by atoms with Gasteiger partial charge >= 0.3 is 6.18 Å². The molecule has 0 aromatic heterocycles. The Hall–Kier alpha value is -4.90. The van der Waals surface area contributed by atoms with Crippen LogP contribution in [0.4, 0.5) is 13.2 Å². The summed E-state index contributed by atoms with van der Waals surface area (Å²) in [7, 11) is 0. The fraction of sp³-hybridized carbons (Fsp3) is 0.208. The summed E-state index contributed by atoms with van der Waals surface area (Å²) >= 11 is 0. The zero-order valence-corrected chi connectivity index (χ0v) is 19.8. The molecule has 38 heavy (non-hydrogen) atoms. The summed E-state index contributed by atoms with van der Waals surface area (Å²) in [5.74, 6) is 4.59. The lowest BCUT2D eigenvalue weighted by atomic mass is 10.0.